The summed E-state index contributed by atoms with van der Waals surface area (Å²) in [5.74, 6) is 2.01. The van der Waals surface area contributed by atoms with Gasteiger partial charge in [-0.1, -0.05) is 0 Å². The van der Waals surface area contributed by atoms with Crippen molar-refractivity contribution in [1.29, 1.82) is 0 Å². The molecule has 0 radical (unpaired) electrons. The topological polar surface area (TPSA) is 86.4 Å². The molecule has 7 nitrogen and oxygen atoms in total. The van der Waals surface area contributed by atoms with Crippen molar-refractivity contribution in [2.75, 3.05) is 38.5 Å². The third-order valence-electron chi connectivity index (χ3n) is 5.71. The van der Waals surface area contributed by atoms with E-state index in [0.717, 1.165) is 30.8 Å². The van der Waals surface area contributed by atoms with E-state index in [1.54, 1.807) is 7.05 Å². The Morgan fingerprint density at radius 1 is 1.11 bits per heavy atom. The molecule has 3 aliphatic rings. The average Bonchev–Trinajstić information content (AvgIpc) is 3.57. The number of nitrogens with one attached hydrogen (secondary N) is 3. The van der Waals surface area contributed by atoms with Gasteiger partial charge in [0, 0.05) is 45.3 Å². The molecular formula is C20H29N5O2. The second-order valence-corrected chi connectivity index (χ2v) is 8.01. The molecule has 2 saturated carbocycles. The fourth-order valence-electron chi connectivity index (χ4n) is 3.52. The maximum atomic E-state index is 12.8. The van der Waals surface area contributed by atoms with Crippen LogP contribution in [0.1, 0.15) is 47.3 Å². The average molecular weight is 371 g/mol. The van der Waals surface area contributed by atoms with Crippen LogP contribution in [0.5, 0.6) is 0 Å². The highest BCUT2D eigenvalue weighted by Crippen LogP contribution is 2.30. The zero-order valence-electron chi connectivity index (χ0n) is 16.0. The van der Waals surface area contributed by atoms with Gasteiger partial charge in [-0.3, -0.25) is 4.79 Å². The predicted molar refractivity (Wildman–Crippen MR) is 104 cm³/mol. The minimum Gasteiger partial charge on any atom is -0.369 e. The first-order chi connectivity index (χ1) is 13.1. The first kappa shape index (κ1) is 18.1. The molecule has 1 aliphatic heterocycles. The molecular weight excluding hydrogens is 342 g/mol. The maximum absolute atomic E-state index is 12.8. The predicted octanol–water partition coefficient (Wildman–Crippen LogP) is 1.78. The van der Waals surface area contributed by atoms with Crippen LogP contribution in [0.3, 0.4) is 0 Å². The molecule has 2 heterocycles. The van der Waals surface area contributed by atoms with Crippen molar-refractivity contribution >= 4 is 17.8 Å². The Morgan fingerprint density at radius 3 is 2.52 bits per heavy atom. The van der Waals surface area contributed by atoms with E-state index in [2.05, 4.69) is 16.0 Å². The van der Waals surface area contributed by atoms with Crippen molar-refractivity contribution in [3.05, 3.63) is 22.9 Å². The molecule has 3 amide bonds. The van der Waals surface area contributed by atoms with Crippen LogP contribution >= 0.6 is 0 Å². The van der Waals surface area contributed by atoms with Crippen molar-refractivity contribution in [2.45, 2.75) is 38.5 Å². The summed E-state index contributed by atoms with van der Waals surface area (Å²) in [4.78, 5) is 31.4. The maximum Gasteiger partial charge on any atom is 0.317 e. The number of carbonyl (C=O) groups excluding carboxylic acids is 2. The fraction of sp³-hybridized carbons (Fsp3) is 0.650. The second kappa shape index (κ2) is 7.74. The smallest absolute Gasteiger partial charge is 0.317 e. The van der Waals surface area contributed by atoms with Gasteiger partial charge in [0.15, 0.2) is 0 Å². The van der Waals surface area contributed by atoms with E-state index in [-0.39, 0.29) is 11.9 Å². The minimum absolute atomic E-state index is 0.0390. The Labute approximate surface area is 160 Å². The number of rotatable bonds is 6. The number of anilines is 1. The molecule has 146 valence electrons. The van der Waals surface area contributed by atoms with Crippen molar-refractivity contribution < 1.29 is 9.59 Å². The van der Waals surface area contributed by atoms with E-state index in [0.29, 0.717) is 42.7 Å². The Bertz CT molecular complexity index is 727. The second-order valence-electron chi connectivity index (χ2n) is 8.01. The summed E-state index contributed by atoms with van der Waals surface area (Å²) in [5.41, 5.74) is 2.72. The number of carbonyl (C=O) groups is 2. The van der Waals surface area contributed by atoms with E-state index in [1.165, 1.54) is 25.7 Å². The zero-order valence-corrected chi connectivity index (χ0v) is 16.0. The number of hydrogen-bond acceptors (Lipinski definition) is 4. The zero-order chi connectivity index (χ0) is 18.8. The Balaban J connectivity index is 1.54. The SMILES string of the molecule is CNC(=O)N1CCc2cc(C(=O)NCC3CC3)c(NCC3CC3)nc2CC1. The largest absolute Gasteiger partial charge is 0.369 e. The van der Waals surface area contributed by atoms with E-state index in [4.69, 9.17) is 4.98 Å². The number of amides is 3. The summed E-state index contributed by atoms with van der Waals surface area (Å²) < 4.78 is 0. The molecule has 0 bridgehead atoms. The summed E-state index contributed by atoms with van der Waals surface area (Å²) in [6.07, 6.45) is 6.37. The molecule has 1 aromatic rings. The number of hydrogen-bond donors (Lipinski definition) is 3. The molecule has 0 spiro atoms. The molecule has 0 unspecified atom stereocenters. The van der Waals surface area contributed by atoms with Gasteiger partial charge in [-0.15, -0.1) is 0 Å². The van der Waals surface area contributed by atoms with E-state index in [9.17, 15) is 9.59 Å². The van der Waals surface area contributed by atoms with Gasteiger partial charge in [0.25, 0.3) is 5.91 Å². The highest BCUT2D eigenvalue weighted by Gasteiger charge is 2.26. The van der Waals surface area contributed by atoms with Crippen LogP contribution in [-0.4, -0.2) is 55.0 Å². The third-order valence-corrected chi connectivity index (χ3v) is 5.71. The third kappa shape index (κ3) is 4.51. The van der Waals surface area contributed by atoms with Crippen LogP contribution in [-0.2, 0) is 12.8 Å². The van der Waals surface area contributed by atoms with Gasteiger partial charge in [0.05, 0.1) is 5.56 Å². The molecule has 2 aliphatic carbocycles. The van der Waals surface area contributed by atoms with Crippen LogP contribution in [0.15, 0.2) is 6.07 Å². The summed E-state index contributed by atoms with van der Waals surface area (Å²) in [7, 11) is 1.65. The first-order valence-corrected chi connectivity index (χ1v) is 10.2. The number of pyridine rings is 1. The normalized spacial score (nSPS) is 19.1. The summed E-state index contributed by atoms with van der Waals surface area (Å²) in [5, 5.41) is 9.17. The summed E-state index contributed by atoms with van der Waals surface area (Å²) in [6.45, 7) is 2.92. The van der Waals surface area contributed by atoms with Crippen LogP contribution in [0, 0.1) is 11.8 Å². The Morgan fingerprint density at radius 2 is 1.81 bits per heavy atom. The van der Waals surface area contributed by atoms with E-state index >= 15 is 0 Å². The van der Waals surface area contributed by atoms with E-state index in [1.807, 2.05) is 11.0 Å². The highest BCUT2D eigenvalue weighted by molar-refractivity contribution is 5.99. The monoisotopic (exact) mass is 371 g/mol. The lowest BCUT2D eigenvalue weighted by molar-refractivity contribution is 0.0952. The van der Waals surface area contributed by atoms with Crippen molar-refractivity contribution in [2.24, 2.45) is 11.8 Å². The molecule has 27 heavy (non-hydrogen) atoms. The lowest BCUT2D eigenvalue weighted by Gasteiger charge is -2.18. The number of fused-ring (bicyclic) bond motifs is 1. The fourth-order valence-corrected chi connectivity index (χ4v) is 3.52. The molecule has 7 heteroatoms. The lowest BCUT2D eigenvalue weighted by Crippen LogP contribution is -2.39. The van der Waals surface area contributed by atoms with Crippen molar-refractivity contribution in [3.8, 4) is 0 Å². The van der Waals surface area contributed by atoms with Crippen LogP contribution < -0.4 is 16.0 Å². The van der Waals surface area contributed by atoms with Gasteiger partial charge in [0.1, 0.15) is 5.82 Å². The van der Waals surface area contributed by atoms with Crippen molar-refractivity contribution in [1.82, 2.24) is 20.5 Å². The summed E-state index contributed by atoms with van der Waals surface area (Å²) >= 11 is 0. The number of aromatic nitrogens is 1. The van der Waals surface area contributed by atoms with Gasteiger partial charge in [-0.2, -0.15) is 0 Å². The highest BCUT2D eigenvalue weighted by atomic mass is 16.2. The van der Waals surface area contributed by atoms with Crippen LogP contribution in [0.4, 0.5) is 10.6 Å². The molecule has 3 N–H and O–H groups in total. The molecule has 4 rings (SSSR count). The van der Waals surface area contributed by atoms with Crippen LogP contribution in [0.25, 0.3) is 0 Å². The molecule has 0 aromatic carbocycles. The van der Waals surface area contributed by atoms with Crippen molar-refractivity contribution in [3.63, 3.8) is 0 Å². The minimum atomic E-state index is -0.0581. The van der Waals surface area contributed by atoms with Crippen LogP contribution in [0.2, 0.25) is 0 Å². The van der Waals surface area contributed by atoms with Gasteiger partial charge < -0.3 is 20.9 Å². The Kier molecular flexibility index (Phi) is 5.18. The lowest BCUT2D eigenvalue weighted by atomic mass is 10.0. The quantitative estimate of drug-likeness (QED) is 0.711. The summed E-state index contributed by atoms with van der Waals surface area (Å²) in [6, 6.07) is 1.94. The number of urea groups is 1. The molecule has 0 saturated heterocycles. The molecule has 0 atom stereocenters. The molecule has 2 fully saturated rings. The standard InChI is InChI=1S/C20H29N5O2/c1-21-20(27)25-8-6-15-10-16(19(26)23-12-14-4-5-14)18(22-11-13-2-3-13)24-17(15)7-9-25/h10,13-14H,2-9,11-12H2,1H3,(H,21,27)(H,22,24)(H,23,26). The molecule has 1 aromatic heterocycles. The van der Waals surface area contributed by atoms with Gasteiger partial charge >= 0.3 is 6.03 Å². The van der Waals surface area contributed by atoms with Gasteiger partial charge in [-0.05, 0) is 55.6 Å². The first-order valence-electron chi connectivity index (χ1n) is 10.2. The van der Waals surface area contributed by atoms with Gasteiger partial charge in [-0.25, -0.2) is 9.78 Å². The number of nitrogens with zero attached hydrogens (tertiary/aromatic N) is 2. The van der Waals surface area contributed by atoms with E-state index < -0.39 is 0 Å². The Hall–Kier alpha value is -2.31. The van der Waals surface area contributed by atoms with Gasteiger partial charge in [0.2, 0.25) is 0 Å².